The lowest BCUT2D eigenvalue weighted by molar-refractivity contribution is 0.0556. The summed E-state index contributed by atoms with van der Waals surface area (Å²) in [5.41, 5.74) is 3.10. The topological polar surface area (TPSA) is 55.5 Å². The maximum Gasteiger partial charge on any atom is 0.271 e. The molecule has 150 valence electrons. The number of rotatable bonds is 5. The predicted molar refractivity (Wildman–Crippen MR) is 109 cm³/mol. The smallest absolute Gasteiger partial charge is 0.271 e. The number of ether oxygens (including phenoxy) is 1. The third kappa shape index (κ3) is 3.21. The minimum Gasteiger partial charge on any atom is -0.497 e. The summed E-state index contributed by atoms with van der Waals surface area (Å²) in [6.45, 7) is 3.24. The fraction of sp³-hybridized carbons (Fsp3) is 0.364. The van der Waals surface area contributed by atoms with E-state index in [1.165, 1.54) is 5.56 Å². The number of nitrogens with zero attached hydrogens (tertiary/aromatic N) is 5. The molecule has 7 nitrogen and oxygen atoms in total. The molecule has 29 heavy (non-hydrogen) atoms. The maximum atomic E-state index is 13.3. The van der Waals surface area contributed by atoms with Gasteiger partial charge in [0.2, 0.25) is 0 Å². The molecule has 2 atom stereocenters. The second-order valence-electron chi connectivity index (χ2n) is 7.93. The number of hydrogen-bond acceptors (Lipinski definition) is 4. The summed E-state index contributed by atoms with van der Waals surface area (Å²) < 4.78 is 9.26. The lowest BCUT2D eigenvalue weighted by Gasteiger charge is -2.38. The summed E-state index contributed by atoms with van der Waals surface area (Å²) >= 11 is 0. The van der Waals surface area contributed by atoms with Gasteiger partial charge in [0.25, 0.3) is 5.91 Å². The van der Waals surface area contributed by atoms with E-state index in [0.717, 1.165) is 36.6 Å². The number of carbonyl (C=O) groups is 1. The molecule has 1 amide bonds. The summed E-state index contributed by atoms with van der Waals surface area (Å²) in [5.74, 6) is 0.935. The minimum absolute atomic E-state index is 0.107. The van der Waals surface area contributed by atoms with Crippen molar-refractivity contribution in [3.63, 3.8) is 0 Å². The third-order valence-corrected chi connectivity index (χ3v) is 6.03. The van der Waals surface area contributed by atoms with E-state index in [1.54, 1.807) is 7.11 Å². The normalized spacial score (nSPS) is 21.3. The molecule has 1 saturated heterocycles. The molecule has 0 bridgehead atoms. The SMILES string of the molecule is COc1ccc(CN2C(=O)c3cccn3[C@@H]3CN(Cc4cnn(C)c4)C[C@H]32)cc1. The number of aromatic nitrogens is 3. The van der Waals surface area contributed by atoms with Crippen molar-refractivity contribution in [2.45, 2.75) is 25.2 Å². The molecule has 7 heteroatoms. The zero-order valence-corrected chi connectivity index (χ0v) is 16.7. The number of benzene rings is 1. The molecule has 1 fully saturated rings. The van der Waals surface area contributed by atoms with Gasteiger partial charge in [-0.1, -0.05) is 12.1 Å². The first-order valence-electron chi connectivity index (χ1n) is 9.93. The van der Waals surface area contributed by atoms with Gasteiger partial charge in [-0.3, -0.25) is 14.4 Å². The highest BCUT2D eigenvalue weighted by Crippen LogP contribution is 2.35. The minimum atomic E-state index is 0.107. The van der Waals surface area contributed by atoms with Gasteiger partial charge in [0.1, 0.15) is 11.4 Å². The van der Waals surface area contributed by atoms with E-state index in [-0.39, 0.29) is 18.0 Å². The third-order valence-electron chi connectivity index (χ3n) is 6.03. The van der Waals surface area contributed by atoms with Crippen LogP contribution in [0.25, 0.3) is 0 Å². The Hall–Kier alpha value is -3.06. The lowest BCUT2D eigenvalue weighted by Crippen LogP contribution is -2.49. The summed E-state index contributed by atoms with van der Waals surface area (Å²) in [7, 11) is 3.60. The van der Waals surface area contributed by atoms with Crippen LogP contribution in [0.5, 0.6) is 5.75 Å². The van der Waals surface area contributed by atoms with Crippen LogP contribution in [0.3, 0.4) is 0 Å². The second-order valence-corrected chi connectivity index (χ2v) is 7.93. The molecule has 3 aromatic rings. The van der Waals surface area contributed by atoms with E-state index >= 15 is 0 Å². The standard InChI is InChI=1S/C22H25N5O2/c1-24-11-17(10-23-24)12-25-14-20-21(15-25)27(22(28)19-4-3-9-26(19)20)13-16-5-7-18(29-2)8-6-16/h3-11,20-21H,12-15H2,1-2H3/t20-,21-/m1/s1. The Balaban J connectivity index is 1.41. The molecule has 0 aliphatic carbocycles. The van der Waals surface area contributed by atoms with Crippen molar-refractivity contribution < 1.29 is 9.53 Å². The molecule has 2 aliphatic rings. The first-order chi connectivity index (χ1) is 14.1. The van der Waals surface area contributed by atoms with E-state index in [4.69, 9.17) is 4.74 Å². The van der Waals surface area contributed by atoms with Crippen molar-refractivity contribution in [3.05, 3.63) is 71.8 Å². The molecule has 2 aliphatic heterocycles. The molecule has 0 unspecified atom stereocenters. The van der Waals surface area contributed by atoms with Gasteiger partial charge in [0.15, 0.2) is 0 Å². The molecule has 1 aromatic carbocycles. The molecule has 0 saturated carbocycles. The van der Waals surface area contributed by atoms with Crippen LogP contribution in [0, 0.1) is 0 Å². The Morgan fingerprint density at radius 3 is 2.59 bits per heavy atom. The summed E-state index contributed by atoms with van der Waals surface area (Å²) in [4.78, 5) is 17.7. The van der Waals surface area contributed by atoms with Crippen LogP contribution in [0.2, 0.25) is 0 Å². The largest absolute Gasteiger partial charge is 0.497 e. The number of hydrogen-bond donors (Lipinski definition) is 0. The summed E-state index contributed by atoms with van der Waals surface area (Å²) in [6.07, 6.45) is 6.02. The van der Waals surface area contributed by atoms with E-state index in [1.807, 2.05) is 65.4 Å². The van der Waals surface area contributed by atoms with Gasteiger partial charge in [-0.15, -0.1) is 0 Å². The first-order valence-corrected chi connectivity index (χ1v) is 9.93. The van der Waals surface area contributed by atoms with Gasteiger partial charge in [-0.25, -0.2) is 0 Å². The van der Waals surface area contributed by atoms with Gasteiger partial charge in [0, 0.05) is 51.2 Å². The average Bonchev–Trinajstić information content (AvgIpc) is 3.45. The van der Waals surface area contributed by atoms with Crippen molar-refractivity contribution in [1.82, 2.24) is 24.1 Å². The average molecular weight is 391 g/mol. The zero-order valence-electron chi connectivity index (χ0n) is 16.7. The number of amides is 1. The second kappa shape index (κ2) is 7.08. The van der Waals surface area contributed by atoms with E-state index < -0.39 is 0 Å². The Bertz CT molecular complexity index is 1020. The highest BCUT2D eigenvalue weighted by Gasteiger charge is 2.44. The van der Waals surface area contributed by atoms with Crippen LogP contribution in [0.4, 0.5) is 0 Å². The molecule has 5 rings (SSSR count). The van der Waals surface area contributed by atoms with E-state index in [2.05, 4.69) is 20.8 Å². The van der Waals surface area contributed by atoms with Crippen molar-refractivity contribution in [3.8, 4) is 5.75 Å². The van der Waals surface area contributed by atoms with Crippen molar-refractivity contribution >= 4 is 5.91 Å². The summed E-state index contributed by atoms with van der Waals surface area (Å²) in [5, 5.41) is 4.28. The predicted octanol–water partition coefficient (Wildman–Crippen LogP) is 2.31. The summed E-state index contributed by atoms with van der Waals surface area (Å²) in [6, 6.07) is 12.3. The van der Waals surface area contributed by atoms with Gasteiger partial charge >= 0.3 is 0 Å². The number of likely N-dealkylation sites (tertiary alicyclic amines) is 1. The van der Waals surface area contributed by atoms with Crippen LogP contribution in [0.15, 0.2) is 55.0 Å². The van der Waals surface area contributed by atoms with Crippen LogP contribution >= 0.6 is 0 Å². The molecule has 4 heterocycles. The number of aryl methyl sites for hydroxylation is 1. The van der Waals surface area contributed by atoms with Crippen molar-refractivity contribution in [1.29, 1.82) is 0 Å². The monoisotopic (exact) mass is 391 g/mol. The van der Waals surface area contributed by atoms with Gasteiger partial charge in [0.05, 0.1) is 25.4 Å². The Morgan fingerprint density at radius 1 is 1.07 bits per heavy atom. The number of fused-ring (bicyclic) bond motifs is 3. The van der Waals surface area contributed by atoms with Crippen LogP contribution in [-0.4, -0.2) is 56.3 Å². The fourth-order valence-electron chi connectivity index (χ4n) is 4.65. The number of methoxy groups -OCH3 is 1. The van der Waals surface area contributed by atoms with Crippen molar-refractivity contribution in [2.24, 2.45) is 7.05 Å². The van der Waals surface area contributed by atoms with Gasteiger partial charge in [-0.2, -0.15) is 5.10 Å². The Kier molecular flexibility index (Phi) is 4.39. The molecule has 0 spiro atoms. The van der Waals surface area contributed by atoms with Gasteiger partial charge < -0.3 is 14.2 Å². The van der Waals surface area contributed by atoms with E-state index in [9.17, 15) is 4.79 Å². The highest BCUT2D eigenvalue weighted by molar-refractivity contribution is 5.94. The van der Waals surface area contributed by atoms with Crippen molar-refractivity contribution in [2.75, 3.05) is 20.2 Å². The molecule has 2 aromatic heterocycles. The Morgan fingerprint density at radius 2 is 1.86 bits per heavy atom. The highest BCUT2D eigenvalue weighted by atomic mass is 16.5. The lowest BCUT2D eigenvalue weighted by atomic mass is 10.0. The number of carbonyl (C=O) groups excluding carboxylic acids is 1. The molecular formula is C22H25N5O2. The molecular weight excluding hydrogens is 366 g/mol. The molecule has 0 radical (unpaired) electrons. The van der Waals surface area contributed by atoms with Gasteiger partial charge in [-0.05, 0) is 29.8 Å². The zero-order chi connectivity index (χ0) is 20.0. The van der Waals surface area contributed by atoms with E-state index in [0.29, 0.717) is 6.54 Å². The van der Waals surface area contributed by atoms with Crippen LogP contribution in [-0.2, 0) is 20.1 Å². The Labute approximate surface area is 170 Å². The quantitative estimate of drug-likeness (QED) is 0.670. The van der Waals surface area contributed by atoms with Crippen LogP contribution < -0.4 is 4.74 Å². The maximum absolute atomic E-state index is 13.3. The molecule has 0 N–H and O–H groups in total. The van der Waals surface area contributed by atoms with Crippen LogP contribution in [0.1, 0.15) is 27.7 Å². The first kappa shape index (κ1) is 18.0. The fourth-order valence-corrected chi connectivity index (χ4v) is 4.65.